The van der Waals surface area contributed by atoms with Gasteiger partial charge in [-0.15, -0.1) is 0 Å². The molecule has 3 rings (SSSR count). The fraction of sp³-hybridized carbons (Fsp3) is 0.174. The monoisotopic (exact) mass is 360 g/mol. The van der Waals surface area contributed by atoms with Crippen molar-refractivity contribution in [3.05, 3.63) is 89.5 Å². The van der Waals surface area contributed by atoms with Gasteiger partial charge < -0.3 is 15.4 Å². The van der Waals surface area contributed by atoms with Crippen molar-refractivity contribution in [3.63, 3.8) is 0 Å². The van der Waals surface area contributed by atoms with Crippen molar-refractivity contribution in [2.24, 2.45) is 0 Å². The Morgan fingerprint density at radius 1 is 0.889 bits per heavy atom. The van der Waals surface area contributed by atoms with Gasteiger partial charge in [-0.1, -0.05) is 54.1 Å². The van der Waals surface area contributed by atoms with Gasteiger partial charge >= 0.3 is 0 Å². The maximum Gasteiger partial charge on any atom is 0.251 e. The molecule has 0 aromatic heterocycles. The summed E-state index contributed by atoms with van der Waals surface area (Å²) < 4.78 is 5.38. The van der Waals surface area contributed by atoms with E-state index in [1.54, 1.807) is 7.11 Å². The summed E-state index contributed by atoms with van der Waals surface area (Å²) >= 11 is 0. The Hall–Kier alpha value is -3.27. The van der Waals surface area contributed by atoms with Crippen LogP contribution in [0.2, 0.25) is 0 Å². The van der Waals surface area contributed by atoms with Crippen molar-refractivity contribution in [2.75, 3.05) is 17.7 Å². The fourth-order valence-electron chi connectivity index (χ4n) is 2.89. The van der Waals surface area contributed by atoms with Gasteiger partial charge in [0.2, 0.25) is 0 Å². The van der Waals surface area contributed by atoms with Crippen molar-refractivity contribution in [3.8, 4) is 5.75 Å². The molecule has 0 aliphatic rings. The molecule has 0 radical (unpaired) electrons. The number of nitrogens with one attached hydrogen (secondary N) is 2. The van der Waals surface area contributed by atoms with Crippen LogP contribution in [0, 0.1) is 13.8 Å². The van der Waals surface area contributed by atoms with Crippen LogP contribution in [-0.4, -0.2) is 13.0 Å². The third-order valence-electron chi connectivity index (χ3n) is 4.37. The molecule has 2 N–H and O–H groups in total. The molecule has 3 aromatic rings. The minimum absolute atomic E-state index is 0.148. The number of carbonyl (C=O) groups excluding carboxylic acids is 1. The van der Waals surface area contributed by atoms with E-state index in [9.17, 15) is 4.79 Å². The maximum atomic E-state index is 13.1. The summed E-state index contributed by atoms with van der Waals surface area (Å²) in [5.41, 5.74) is 4.66. The Morgan fingerprint density at radius 3 is 2.22 bits per heavy atom. The number of anilines is 2. The van der Waals surface area contributed by atoms with Crippen LogP contribution in [-0.2, 0) is 4.79 Å². The summed E-state index contributed by atoms with van der Waals surface area (Å²) in [5, 5.41) is 6.35. The molecule has 4 heteroatoms. The van der Waals surface area contributed by atoms with Gasteiger partial charge in [0.25, 0.3) is 5.91 Å². The molecule has 0 spiro atoms. The van der Waals surface area contributed by atoms with Crippen LogP contribution in [0.3, 0.4) is 0 Å². The predicted octanol–water partition coefficient (Wildman–Crippen LogP) is 5.10. The smallest absolute Gasteiger partial charge is 0.251 e. The van der Waals surface area contributed by atoms with Crippen LogP contribution in [0.4, 0.5) is 11.4 Å². The first-order chi connectivity index (χ1) is 13.1. The molecule has 27 heavy (non-hydrogen) atoms. The van der Waals surface area contributed by atoms with Crippen molar-refractivity contribution in [1.82, 2.24) is 0 Å². The molecule has 0 unspecified atom stereocenters. The van der Waals surface area contributed by atoms with E-state index in [0.29, 0.717) is 11.4 Å². The fourth-order valence-corrected chi connectivity index (χ4v) is 2.89. The number of carbonyl (C=O) groups is 1. The van der Waals surface area contributed by atoms with Crippen molar-refractivity contribution in [1.29, 1.82) is 0 Å². The van der Waals surface area contributed by atoms with E-state index in [1.165, 1.54) is 5.56 Å². The van der Waals surface area contributed by atoms with Crippen molar-refractivity contribution >= 4 is 17.3 Å². The van der Waals surface area contributed by atoms with Gasteiger partial charge in [0.05, 0.1) is 12.8 Å². The minimum Gasteiger partial charge on any atom is -0.495 e. The Morgan fingerprint density at radius 2 is 1.56 bits per heavy atom. The molecule has 3 aromatic carbocycles. The van der Waals surface area contributed by atoms with E-state index in [4.69, 9.17) is 4.74 Å². The minimum atomic E-state index is -0.529. The molecular formula is C23H24N2O2. The first kappa shape index (κ1) is 18.5. The van der Waals surface area contributed by atoms with E-state index in [2.05, 4.69) is 10.6 Å². The molecular weight excluding hydrogens is 336 g/mol. The lowest BCUT2D eigenvalue weighted by Gasteiger charge is -2.21. The average molecular weight is 360 g/mol. The normalized spacial score (nSPS) is 11.5. The van der Waals surface area contributed by atoms with Crippen LogP contribution in [0.15, 0.2) is 72.8 Å². The summed E-state index contributed by atoms with van der Waals surface area (Å²) in [6, 6.07) is 22.9. The highest BCUT2D eigenvalue weighted by Crippen LogP contribution is 2.28. The van der Waals surface area contributed by atoms with Gasteiger partial charge in [0.1, 0.15) is 11.8 Å². The zero-order valence-electron chi connectivity index (χ0n) is 15.8. The quantitative estimate of drug-likeness (QED) is 0.643. The lowest BCUT2D eigenvalue weighted by atomic mass is 10.0. The highest BCUT2D eigenvalue weighted by atomic mass is 16.5. The topological polar surface area (TPSA) is 50.4 Å². The second-order valence-corrected chi connectivity index (χ2v) is 6.55. The SMILES string of the molecule is COc1ccc(C)cc1NC(=O)[C@H](Nc1ccc(C)cc1)c1ccccc1. The number of aryl methyl sites for hydroxylation is 2. The third-order valence-corrected chi connectivity index (χ3v) is 4.37. The first-order valence-electron chi connectivity index (χ1n) is 8.90. The van der Waals surface area contributed by atoms with Crippen molar-refractivity contribution < 1.29 is 9.53 Å². The van der Waals surface area contributed by atoms with Crippen LogP contribution < -0.4 is 15.4 Å². The lowest BCUT2D eigenvalue weighted by Crippen LogP contribution is -2.27. The molecule has 138 valence electrons. The van der Waals surface area contributed by atoms with E-state index in [-0.39, 0.29) is 5.91 Å². The zero-order chi connectivity index (χ0) is 19.2. The summed E-state index contributed by atoms with van der Waals surface area (Å²) in [5.74, 6) is 0.488. The van der Waals surface area contributed by atoms with E-state index < -0.39 is 6.04 Å². The largest absolute Gasteiger partial charge is 0.495 e. The number of methoxy groups -OCH3 is 1. The lowest BCUT2D eigenvalue weighted by molar-refractivity contribution is -0.117. The summed E-state index contributed by atoms with van der Waals surface area (Å²) in [4.78, 5) is 13.1. The molecule has 1 atom stereocenters. The Bertz CT molecular complexity index is 905. The number of ether oxygens (including phenoxy) is 1. The highest BCUT2D eigenvalue weighted by molar-refractivity contribution is 5.98. The molecule has 1 amide bonds. The molecule has 0 fully saturated rings. The Labute approximate surface area is 160 Å². The van der Waals surface area contributed by atoms with E-state index >= 15 is 0 Å². The molecule has 4 nitrogen and oxygen atoms in total. The maximum absolute atomic E-state index is 13.1. The standard InChI is InChI=1S/C23H24N2O2/c1-16-9-12-19(13-10-16)24-22(18-7-5-4-6-8-18)23(26)25-20-15-17(2)11-14-21(20)27-3/h4-15,22,24H,1-3H3,(H,25,26)/t22-/m1/s1. The number of hydrogen-bond donors (Lipinski definition) is 2. The van der Waals surface area contributed by atoms with Crippen LogP contribution in [0.1, 0.15) is 22.7 Å². The van der Waals surface area contributed by atoms with Gasteiger partial charge in [-0.3, -0.25) is 4.79 Å². The molecule has 0 heterocycles. The van der Waals surface area contributed by atoms with Gasteiger partial charge in [-0.2, -0.15) is 0 Å². The van der Waals surface area contributed by atoms with Gasteiger partial charge in [-0.25, -0.2) is 0 Å². The highest BCUT2D eigenvalue weighted by Gasteiger charge is 2.21. The first-order valence-corrected chi connectivity index (χ1v) is 8.90. The molecule has 0 aliphatic carbocycles. The van der Waals surface area contributed by atoms with Gasteiger partial charge in [0, 0.05) is 5.69 Å². The van der Waals surface area contributed by atoms with Crippen molar-refractivity contribution in [2.45, 2.75) is 19.9 Å². The number of rotatable bonds is 6. The second-order valence-electron chi connectivity index (χ2n) is 6.55. The summed E-state index contributed by atoms with van der Waals surface area (Å²) in [7, 11) is 1.60. The Kier molecular flexibility index (Phi) is 5.77. The van der Waals surface area contributed by atoms with Gasteiger partial charge in [0.15, 0.2) is 0 Å². The zero-order valence-corrected chi connectivity index (χ0v) is 15.8. The van der Waals surface area contributed by atoms with Crippen LogP contribution >= 0.6 is 0 Å². The molecule has 0 saturated heterocycles. The second kappa shape index (κ2) is 8.41. The number of amides is 1. The predicted molar refractivity (Wildman–Crippen MR) is 110 cm³/mol. The molecule has 0 saturated carbocycles. The average Bonchev–Trinajstić information content (AvgIpc) is 2.68. The van der Waals surface area contributed by atoms with Gasteiger partial charge in [-0.05, 0) is 49.2 Å². The summed E-state index contributed by atoms with van der Waals surface area (Å²) in [6.45, 7) is 4.02. The molecule has 0 bridgehead atoms. The third kappa shape index (κ3) is 4.67. The molecule has 0 aliphatic heterocycles. The number of benzene rings is 3. The van der Waals surface area contributed by atoms with Crippen LogP contribution in [0.5, 0.6) is 5.75 Å². The number of hydrogen-bond acceptors (Lipinski definition) is 3. The Balaban J connectivity index is 1.89. The van der Waals surface area contributed by atoms with E-state index in [1.807, 2.05) is 86.6 Å². The summed E-state index contributed by atoms with van der Waals surface area (Å²) in [6.07, 6.45) is 0. The van der Waals surface area contributed by atoms with Crippen LogP contribution in [0.25, 0.3) is 0 Å². The van der Waals surface area contributed by atoms with E-state index in [0.717, 1.165) is 16.8 Å².